The van der Waals surface area contributed by atoms with E-state index in [1.807, 2.05) is 0 Å². The Labute approximate surface area is 134 Å². The largest absolute Gasteiger partial charge is 0.484 e. The van der Waals surface area contributed by atoms with Crippen molar-refractivity contribution in [3.8, 4) is 5.75 Å². The van der Waals surface area contributed by atoms with Crippen molar-refractivity contribution in [2.24, 2.45) is 0 Å². The number of rotatable bonds is 5. The lowest BCUT2D eigenvalue weighted by molar-refractivity contribution is -0.384. The molecule has 0 aromatic heterocycles. The third-order valence-electron chi connectivity index (χ3n) is 2.89. The summed E-state index contributed by atoms with van der Waals surface area (Å²) in [7, 11) is 0. The van der Waals surface area contributed by atoms with Gasteiger partial charge in [-0.3, -0.25) is 14.9 Å². The second-order valence-corrected chi connectivity index (χ2v) is 4.67. The first kappa shape index (κ1) is 17.3. The zero-order valence-corrected chi connectivity index (χ0v) is 12.0. The monoisotopic (exact) mass is 340 g/mol. The van der Waals surface area contributed by atoms with E-state index in [1.165, 1.54) is 24.3 Å². The van der Waals surface area contributed by atoms with Crippen molar-refractivity contribution < 1.29 is 27.6 Å². The standard InChI is InChI=1S/C15H11F3N2O4/c16-15(17,18)10-4-6-13(7-5-10)24-9-14(21)19-11-2-1-3-12(8-11)20(22)23/h1-8H,9H2,(H,19,21). The lowest BCUT2D eigenvalue weighted by Crippen LogP contribution is -2.20. The number of halogens is 3. The number of hydrogen-bond donors (Lipinski definition) is 1. The molecule has 1 N–H and O–H groups in total. The summed E-state index contributed by atoms with van der Waals surface area (Å²) in [6.07, 6.45) is -4.45. The summed E-state index contributed by atoms with van der Waals surface area (Å²) in [6, 6.07) is 9.20. The molecule has 0 aliphatic rings. The summed E-state index contributed by atoms with van der Waals surface area (Å²) in [4.78, 5) is 21.7. The topological polar surface area (TPSA) is 81.5 Å². The SMILES string of the molecule is O=C(COc1ccc(C(F)(F)F)cc1)Nc1cccc([N+](=O)[O-])c1. The van der Waals surface area contributed by atoms with Crippen molar-refractivity contribution in [1.82, 2.24) is 0 Å². The molecule has 24 heavy (non-hydrogen) atoms. The second-order valence-electron chi connectivity index (χ2n) is 4.67. The number of carbonyl (C=O) groups is 1. The molecule has 0 fully saturated rings. The Morgan fingerprint density at radius 3 is 2.42 bits per heavy atom. The number of non-ortho nitro benzene ring substituents is 1. The van der Waals surface area contributed by atoms with E-state index in [2.05, 4.69) is 5.32 Å². The number of nitro benzene ring substituents is 1. The Bertz CT molecular complexity index is 745. The number of carbonyl (C=O) groups excluding carboxylic acids is 1. The van der Waals surface area contributed by atoms with Gasteiger partial charge in [0.2, 0.25) is 0 Å². The normalized spacial score (nSPS) is 11.0. The molecule has 2 aromatic rings. The van der Waals surface area contributed by atoms with Crippen LogP contribution >= 0.6 is 0 Å². The molecule has 0 saturated carbocycles. The van der Waals surface area contributed by atoms with Crippen molar-refractivity contribution in [3.63, 3.8) is 0 Å². The van der Waals surface area contributed by atoms with Gasteiger partial charge in [0.1, 0.15) is 5.75 Å². The predicted molar refractivity (Wildman–Crippen MR) is 78.7 cm³/mol. The summed E-state index contributed by atoms with van der Waals surface area (Å²) in [5.41, 5.74) is -0.794. The molecule has 0 saturated heterocycles. The van der Waals surface area contributed by atoms with E-state index in [4.69, 9.17) is 4.74 Å². The van der Waals surface area contributed by atoms with Gasteiger partial charge in [-0.05, 0) is 30.3 Å². The number of ether oxygens (including phenoxy) is 1. The average molecular weight is 340 g/mol. The van der Waals surface area contributed by atoms with Crippen molar-refractivity contribution >= 4 is 17.3 Å². The molecule has 0 aliphatic carbocycles. The van der Waals surface area contributed by atoms with Crippen LogP contribution in [0, 0.1) is 10.1 Å². The third kappa shape index (κ3) is 4.70. The first-order chi connectivity index (χ1) is 11.3. The third-order valence-corrected chi connectivity index (χ3v) is 2.89. The Morgan fingerprint density at radius 1 is 1.17 bits per heavy atom. The molecule has 2 aromatic carbocycles. The van der Waals surface area contributed by atoms with Gasteiger partial charge in [0.15, 0.2) is 6.61 Å². The second kappa shape index (κ2) is 6.99. The molecular formula is C15H11F3N2O4. The van der Waals surface area contributed by atoms with Crippen LogP contribution in [-0.2, 0) is 11.0 Å². The Morgan fingerprint density at radius 2 is 1.83 bits per heavy atom. The molecule has 0 heterocycles. The number of benzene rings is 2. The zero-order chi connectivity index (χ0) is 17.7. The van der Waals surface area contributed by atoms with Gasteiger partial charge in [-0.1, -0.05) is 6.07 Å². The Balaban J connectivity index is 1.91. The minimum absolute atomic E-state index is 0.0946. The van der Waals surface area contributed by atoms with Crippen LogP contribution in [0.3, 0.4) is 0 Å². The number of nitrogens with zero attached hydrogens (tertiary/aromatic N) is 1. The maximum atomic E-state index is 12.4. The van der Waals surface area contributed by atoms with Gasteiger partial charge >= 0.3 is 6.18 Å². The molecule has 6 nitrogen and oxygen atoms in total. The fourth-order valence-corrected chi connectivity index (χ4v) is 1.78. The number of hydrogen-bond acceptors (Lipinski definition) is 4. The van der Waals surface area contributed by atoms with Crippen molar-refractivity contribution in [1.29, 1.82) is 0 Å². The highest BCUT2D eigenvalue weighted by Crippen LogP contribution is 2.30. The molecule has 0 aliphatic heterocycles. The van der Waals surface area contributed by atoms with E-state index in [0.29, 0.717) is 0 Å². The summed E-state index contributed by atoms with van der Waals surface area (Å²) in [5, 5.41) is 13.0. The van der Waals surface area contributed by atoms with E-state index in [1.54, 1.807) is 0 Å². The molecule has 126 valence electrons. The van der Waals surface area contributed by atoms with E-state index in [0.717, 1.165) is 24.3 Å². The zero-order valence-electron chi connectivity index (χ0n) is 12.0. The number of nitro groups is 1. The van der Waals surface area contributed by atoms with Crippen LogP contribution in [0.1, 0.15) is 5.56 Å². The van der Waals surface area contributed by atoms with Crippen LogP contribution in [0.5, 0.6) is 5.75 Å². The first-order valence-corrected chi connectivity index (χ1v) is 6.60. The fraction of sp³-hybridized carbons (Fsp3) is 0.133. The lowest BCUT2D eigenvalue weighted by Gasteiger charge is -2.09. The van der Waals surface area contributed by atoms with Crippen molar-refractivity contribution in [2.45, 2.75) is 6.18 Å². The highest BCUT2D eigenvalue weighted by Gasteiger charge is 2.30. The van der Waals surface area contributed by atoms with Crippen LogP contribution < -0.4 is 10.1 Å². The molecule has 0 spiro atoms. The van der Waals surface area contributed by atoms with Gasteiger partial charge < -0.3 is 10.1 Å². The van der Waals surface area contributed by atoms with Gasteiger partial charge in [0.25, 0.3) is 11.6 Å². The predicted octanol–water partition coefficient (Wildman–Crippen LogP) is 3.63. The summed E-state index contributed by atoms with van der Waals surface area (Å²) in [6.45, 7) is -0.450. The van der Waals surface area contributed by atoms with Crippen molar-refractivity contribution in [3.05, 3.63) is 64.2 Å². The number of alkyl halides is 3. The van der Waals surface area contributed by atoms with Gasteiger partial charge in [-0.15, -0.1) is 0 Å². The molecule has 0 atom stereocenters. The fourth-order valence-electron chi connectivity index (χ4n) is 1.78. The molecule has 0 unspecified atom stereocenters. The lowest BCUT2D eigenvalue weighted by atomic mass is 10.2. The molecular weight excluding hydrogens is 329 g/mol. The van der Waals surface area contributed by atoms with E-state index < -0.39 is 29.2 Å². The molecule has 1 amide bonds. The molecule has 0 radical (unpaired) electrons. The van der Waals surface area contributed by atoms with Gasteiger partial charge in [-0.2, -0.15) is 13.2 Å². The van der Waals surface area contributed by atoms with Crippen LogP contribution in [0.2, 0.25) is 0 Å². The maximum Gasteiger partial charge on any atom is 0.416 e. The minimum Gasteiger partial charge on any atom is -0.484 e. The van der Waals surface area contributed by atoms with E-state index in [9.17, 15) is 28.1 Å². The van der Waals surface area contributed by atoms with Crippen molar-refractivity contribution in [2.75, 3.05) is 11.9 Å². The van der Waals surface area contributed by atoms with Crippen LogP contribution in [-0.4, -0.2) is 17.4 Å². The summed E-state index contributed by atoms with van der Waals surface area (Å²) >= 11 is 0. The van der Waals surface area contributed by atoms with Gasteiger partial charge in [0, 0.05) is 17.8 Å². The van der Waals surface area contributed by atoms with Gasteiger partial charge in [0.05, 0.1) is 10.5 Å². The van der Waals surface area contributed by atoms with Crippen LogP contribution in [0.15, 0.2) is 48.5 Å². The van der Waals surface area contributed by atoms with Crippen LogP contribution in [0.4, 0.5) is 24.5 Å². The summed E-state index contributed by atoms with van der Waals surface area (Å²) in [5.74, 6) is -0.507. The molecule has 0 bridgehead atoms. The minimum atomic E-state index is -4.45. The van der Waals surface area contributed by atoms with Gasteiger partial charge in [-0.25, -0.2) is 0 Å². The number of amides is 1. The Hall–Kier alpha value is -3.10. The number of anilines is 1. The Kier molecular flexibility index (Phi) is 5.02. The highest BCUT2D eigenvalue weighted by molar-refractivity contribution is 5.92. The first-order valence-electron chi connectivity index (χ1n) is 6.60. The van der Waals surface area contributed by atoms with E-state index in [-0.39, 0.29) is 17.1 Å². The van der Waals surface area contributed by atoms with E-state index >= 15 is 0 Å². The maximum absolute atomic E-state index is 12.4. The summed E-state index contributed by atoms with van der Waals surface area (Å²) < 4.78 is 42.3. The highest BCUT2D eigenvalue weighted by atomic mass is 19.4. The molecule has 2 rings (SSSR count). The number of nitrogens with one attached hydrogen (secondary N) is 1. The quantitative estimate of drug-likeness (QED) is 0.666. The van der Waals surface area contributed by atoms with Crippen LogP contribution in [0.25, 0.3) is 0 Å². The smallest absolute Gasteiger partial charge is 0.416 e. The molecule has 9 heteroatoms. The average Bonchev–Trinajstić information content (AvgIpc) is 2.53.